The van der Waals surface area contributed by atoms with Gasteiger partial charge in [-0.2, -0.15) is 0 Å². The molecule has 20 heavy (non-hydrogen) atoms. The first-order valence-corrected chi connectivity index (χ1v) is 6.76. The van der Waals surface area contributed by atoms with Crippen molar-refractivity contribution in [2.75, 3.05) is 5.32 Å². The summed E-state index contributed by atoms with van der Waals surface area (Å²) in [6, 6.07) is 3.35. The first kappa shape index (κ1) is 14.1. The molecule has 0 spiro atoms. The van der Waals surface area contributed by atoms with Crippen molar-refractivity contribution in [1.82, 2.24) is 9.97 Å². The summed E-state index contributed by atoms with van der Waals surface area (Å²) in [6.45, 7) is 3.51. The van der Waals surface area contributed by atoms with Gasteiger partial charge in [0.25, 0.3) is 0 Å². The number of pyridine rings is 1. The topological polar surface area (TPSA) is 92.2 Å². The van der Waals surface area contributed by atoms with Crippen molar-refractivity contribution >= 4 is 28.3 Å². The molecule has 0 fully saturated rings. The van der Waals surface area contributed by atoms with E-state index in [-0.39, 0.29) is 21.8 Å². The maximum absolute atomic E-state index is 11.6. The van der Waals surface area contributed by atoms with Gasteiger partial charge in [-0.3, -0.25) is 9.78 Å². The molecule has 2 rings (SSSR count). The summed E-state index contributed by atoms with van der Waals surface area (Å²) in [5.74, 6) is -1.46. The van der Waals surface area contributed by atoms with Crippen molar-refractivity contribution in [3.05, 3.63) is 29.4 Å². The molecule has 2 N–H and O–H groups in total. The quantitative estimate of drug-likeness (QED) is 0.903. The minimum atomic E-state index is -1.07. The van der Waals surface area contributed by atoms with Gasteiger partial charge in [0.2, 0.25) is 5.91 Å². The number of hydrogen-bond acceptors (Lipinski definition) is 5. The van der Waals surface area contributed by atoms with Gasteiger partial charge in [0.05, 0.1) is 5.69 Å². The van der Waals surface area contributed by atoms with Crippen LogP contribution >= 0.6 is 11.3 Å². The summed E-state index contributed by atoms with van der Waals surface area (Å²) >= 11 is 0.945. The van der Waals surface area contributed by atoms with Gasteiger partial charge in [-0.15, -0.1) is 0 Å². The van der Waals surface area contributed by atoms with Crippen molar-refractivity contribution < 1.29 is 14.7 Å². The number of hydrogen-bond donors (Lipinski definition) is 2. The lowest BCUT2D eigenvalue weighted by molar-refractivity contribution is -0.118. The molecule has 2 aromatic heterocycles. The summed E-state index contributed by atoms with van der Waals surface area (Å²) in [5, 5.41) is 12.1. The molecule has 0 saturated carbocycles. The number of carbonyl (C=O) groups excluding carboxylic acids is 1. The maximum atomic E-state index is 11.6. The molecule has 0 unspecified atom stereocenters. The van der Waals surface area contributed by atoms with Gasteiger partial charge >= 0.3 is 5.97 Å². The van der Waals surface area contributed by atoms with Crippen LogP contribution in [0.2, 0.25) is 0 Å². The van der Waals surface area contributed by atoms with Gasteiger partial charge < -0.3 is 10.4 Å². The van der Waals surface area contributed by atoms with E-state index in [0.717, 1.165) is 11.3 Å². The number of nitrogens with one attached hydrogen (secondary N) is 1. The lowest BCUT2D eigenvalue weighted by atomic mass is 10.2. The predicted octanol–water partition coefficient (Wildman–Crippen LogP) is 2.50. The summed E-state index contributed by atoms with van der Waals surface area (Å²) in [7, 11) is 0. The highest BCUT2D eigenvalue weighted by atomic mass is 32.1. The molecule has 1 amide bonds. The van der Waals surface area contributed by atoms with E-state index >= 15 is 0 Å². The van der Waals surface area contributed by atoms with Crippen LogP contribution < -0.4 is 5.32 Å². The fourth-order valence-electron chi connectivity index (χ4n) is 1.47. The molecule has 0 atom stereocenters. The third-order valence-corrected chi connectivity index (χ3v) is 3.49. The van der Waals surface area contributed by atoms with Crippen molar-refractivity contribution in [3.8, 4) is 11.3 Å². The van der Waals surface area contributed by atoms with E-state index in [0.29, 0.717) is 11.3 Å². The fourth-order valence-corrected chi connectivity index (χ4v) is 2.30. The predicted molar refractivity (Wildman–Crippen MR) is 75.8 cm³/mol. The van der Waals surface area contributed by atoms with Gasteiger partial charge in [0, 0.05) is 23.9 Å². The van der Waals surface area contributed by atoms with Crippen LogP contribution in [0.4, 0.5) is 5.13 Å². The molecule has 104 valence electrons. The Labute approximate surface area is 119 Å². The zero-order chi connectivity index (χ0) is 14.7. The number of anilines is 1. The largest absolute Gasteiger partial charge is 0.477 e. The summed E-state index contributed by atoms with van der Waals surface area (Å²) < 4.78 is 0. The molecule has 0 aliphatic rings. The summed E-state index contributed by atoms with van der Waals surface area (Å²) in [5.41, 5.74) is 0.989. The normalized spacial score (nSPS) is 10.6. The highest BCUT2D eigenvalue weighted by Crippen LogP contribution is 2.31. The zero-order valence-electron chi connectivity index (χ0n) is 11.0. The average Bonchev–Trinajstić information content (AvgIpc) is 2.83. The Bertz CT molecular complexity index is 638. The van der Waals surface area contributed by atoms with Crippen LogP contribution in [-0.4, -0.2) is 27.0 Å². The van der Waals surface area contributed by atoms with Gasteiger partial charge in [0.15, 0.2) is 5.13 Å². The molecule has 0 bridgehead atoms. The third kappa shape index (κ3) is 3.00. The molecular weight excluding hydrogens is 278 g/mol. The second kappa shape index (κ2) is 5.79. The average molecular weight is 291 g/mol. The molecule has 2 aromatic rings. The second-order valence-electron chi connectivity index (χ2n) is 4.38. The standard InChI is InChI=1S/C13H13N3O3S/c1-7(2)11(17)16-13-15-9(10(20-13)12(18)19)8-3-5-14-6-4-8/h3-7H,1-2H3,(H,18,19)(H,15,16,17). The first-order chi connectivity index (χ1) is 9.49. The minimum Gasteiger partial charge on any atom is -0.477 e. The number of carboxylic acids is 1. The Kier molecular flexibility index (Phi) is 4.09. The molecule has 0 radical (unpaired) electrons. The maximum Gasteiger partial charge on any atom is 0.348 e. The van der Waals surface area contributed by atoms with Gasteiger partial charge in [-0.1, -0.05) is 25.2 Å². The fraction of sp³-hybridized carbons (Fsp3) is 0.231. The number of aromatic carboxylic acids is 1. The number of thiazole rings is 1. The van der Waals surface area contributed by atoms with Crippen molar-refractivity contribution in [1.29, 1.82) is 0 Å². The molecule has 0 aromatic carbocycles. The van der Waals surface area contributed by atoms with Gasteiger partial charge in [-0.05, 0) is 12.1 Å². The van der Waals surface area contributed by atoms with Crippen LogP contribution in [0.15, 0.2) is 24.5 Å². The van der Waals surface area contributed by atoms with Crippen molar-refractivity contribution in [3.63, 3.8) is 0 Å². The van der Waals surface area contributed by atoms with Gasteiger partial charge in [-0.25, -0.2) is 9.78 Å². The van der Waals surface area contributed by atoms with Crippen LogP contribution in [0.3, 0.4) is 0 Å². The van der Waals surface area contributed by atoms with Crippen LogP contribution in [-0.2, 0) is 4.79 Å². The van der Waals surface area contributed by atoms with Crippen LogP contribution in [0, 0.1) is 5.92 Å². The number of rotatable bonds is 4. The number of carbonyl (C=O) groups is 2. The number of nitrogens with zero attached hydrogens (tertiary/aromatic N) is 2. The SMILES string of the molecule is CC(C)C(=O)Nc1nc(-c2ccncc2)c(C(=O)O)s1. The van der Waals surface area contributed by atoms with E-state index in [1.807, 2.05) is 0 Å². The van der Waals surface area contributed by atoms with Crippen LogP contribution in [0.1, 0.15) is 23.5 Å². The molecule has 7 heteroatoms. The molecule has 0 aliphatic carbocycles. The second-order valence-corrected chi connectivity index (χ2v) is 5.38. The van der Waals surface area contributed by atoms with Gasteiger partial charge in [0.1, 0.15) is 4.88 Å². The van der Waals surface area contributed by atoms with Crippen molar-refractivity contribution in [2.24, 2.45) is 5.92 Å². The summed E-state index contributed by atoms with van der Waals surface area (Å²) in [4.78, 5) is 31.1. The number of carboxylic acid groups (broad SMARTS) is 1. The molecular formula is C13H13N3O3S. The van der Waals surface area contributed by atoms with E-state index < -0.39 is 5.97 Å². The highest BCUT2D eigenvalue weighted by molar-refractivity contribution is 7.18. The van der Waals surface area contributed by atoms with E-state index in [1.165, 1.54) is 0 Å². The Hall–Kier alpha value is -2.28. The Balaban J connectivity index is 2.39. The Morgan fingerprint density at radius 3 is 2.50 bits per heavy atom. The summed E-state index contributed by atoms with van der Waals surface area (Å²) in [6.07, 6.45) is 3.12. The number of amides is 1. The molecule has 2 heterocycles. The monoisotopic (exact) mass is 291 g/mol. The lowest BCUT2D eigenvalue weighted by Gasteiger charge is -2.03. The molecule has 0 saturated heterocycles. The zero-order valence-corrected chi connectivity index (χ0v) is 11.8. The van der Waals surface area contributed by atoms with E-state index in [9.17, 15) is 14.7 Å². The smallest absolute Gasteiger partial charge is 0.348 e. The third-order valence-electron chi connectivity index (χ3n) is 2.53. The van der Waals surface area contributed by atoms with E-state index in [2.05, 4.69) is 15.3 Å². The lowest BCUT2D eigenvalue weighted by Crippen LogP contribution is -2.17. The first-order valence-electron chi connectivity index (χ1n) is 5.94. The number of aromatic nitrogens is 2. The van der Waals surface area contributed by atoms with E-state index in [4.69, 9.17) is 0 Å². The van der Waals surface area contributed by atoms with Crippen molar-refractivity contribution in [2.45, 2.75) is 13.8 Å². The highest BCUT2D eigenvalue weighted by Gasteiger charge is 2.20. The van der Waals surface area contributed by atoms with Crippen LogP contribution in [0.5, 0.6) is 0 Å². The van der Waals surface area contributed by atoms with Crippen LogP contribution in [0.25, 0.3) is 11.3 Å². The Morgan fingerprint density at radius 1 is 1.30 bits per heavy atom. The minimum absolute atomic E-state index is 0.0928. The molecule has 0 aliphatic heterocycles. The Morgan fingerprint density at radius 2 is 1.95 bits per heavy atom. The van der Waals surface area contributed by atoms with E-state index in [1.54, 1.807) is 38.4 Å². The molecule has 6 nitrogen and oxygen atoms in total.